The molecule has 0 saturated carbocycles. The Bertz CT molecular complexity index is 216. The average Bonchev–Trinajstić information content (AvgIpc) is 1.94. The van der Waals surface area contributed by atoms with Gasteiger partial charge in [-0.05, 0) is 0 Å². The van der Waals surface area contributed by atoms with Crippen LogP contribution in [-0.2, 0) is 4.79 Å². The summed E-state index contributed by atoms with van der Waals surface area (Å²) in [6, 6.07) is 8.71. The molecular formula is C9H11O2Tl. The zero-order valence-corrected chi connectivity index (χ0v) is 11.7. The second-order valence-electron chi connectivity index (χ2n) is 2.43. The van der Waals surface area contributed by atoms with Crippen molar-refractivity contribution in [3.8, 4) is 0 Å². The average molecular weight is 356 g/mol. The minimum atomic E-state index is -0.833. The number of carboxylic acid groups (broad SMARTS) is 1. The van der Waals surface area contributed by atoms with Crippen LogP contribution in [0.4, 0.5) is 0 Å². The first-order valence-corrected chi connectivity index (χ1v) is 5.78. The second kappa shape index (κ2) is 6.16. The monoisotopic (exact) mass is 356 g/mol. The van der Waals surface area contributed by atoms with Crippen molar-refractivity contribution >= 4 is 34.9 Å². The first kappa shape index (κ1) is 11.6. The zero-order chi connectivity index (χ0) is 9.56. The Labute approximate surface area is 88.3 Å². The number of hydrogen-bond acceptors (Lipinski definition) is 1. The predicted octanol–water partition coefficient (Wildman–Crippen LogP) is 0.880. The summed E-state index contributed by atoms with van der Waals surface area (Å²) in [5.41, 5.74) is 1.36. The van der Waals surface area contributed by atoms with Crippen LogP contribution in [0.3, 0.4) is 0 Å². The molecule has 62 valence electrons. The van der Waals surface area contributed by atoms with Crippen LogP contribution in [-0.4, -0.2) is 36.8 Å². The van der Waals surface area contributed by atoms with Crippen LogP contribution in [0.5, 0.6) is 0 Å². The molecule has 0 atom stereocenters. The first-order chi connectivity index (χ1) is 5.52. The molecule has 0 aliphatic rings. The molecule has 0 aliphatic carbocycles. The van der Waals surface area contributed by atoms with Gasteiger partial charge in [-0.1, -0.05) is 0 Å². The number of hydrogen-bond donors (Lipinski definition) is 1. The van der Waals surface area contributed by atoms with Gasteiger partial charge in [-0.25, -0.2) is 0 Å². The van der Waals surface area contributed by atoms with E-state index in [-0.39, 0.29) is 0 Å². The third-order valence-electron chi connectivity index (χ3n) is 1.08. The molecule has 0 radical (unpaired) electrons. The summed E-state index contributed by atoms with van der Waals surface area (Å²) in [5, 5.41) is 7.42. The normalized spacial score (nSPS) is 8.08. The summed E-state index contributed by atoms with van der Waals surface area (Å²) in [5.74, 6) is -0.833. The molecule has 0 saturated heterocycles. The van der Waals surface area contributed by atoms with E-state index in [1.807, 2.05) is 0 Å². The van der Waals surface area contributed by atoms with Crippen molar-refractivity contribution in [1.29, 1.82) is 0 Å². The van der Waals surface area contributed by atoms with Gasteiger partial charge in [0, 0.05) is 6.92 Å². The van der Waals surface area contributed by atoms with Crippen LogP contribution >= 0.6 is 0 Å². The van der Waals surface area contributed by atoms with E-state index in [1.54, 1.807) is 0 Å². The topological polar surface area (TPSA) is 37.3 Å². The van der Waals surface area contributed by atoms with Gasteiger partial charge in [0.2, 0.25) is 0 Å². The Hall–Kier alpha value is -0.388. The van der Waals surface area contributed by atoms with E-state index in [9.17, 15) is 0 Å². The Balaban J connectivity index is 0.000000261. The van der Waals surface area contributed by atoms with E-state index in [0.717, 1.165) is 32.7 Å². The Morgan fingerprint density at radius 1 is 1.33 bits per heavy atom. The Morgan fingerprint density at radius 3 is 1.92 bits per heavy atom. The molecule has 1 rings (SSSR count). The molecule has 0 spiro atoms. The van der Waals surface area contributed by atoms with Gasteiger partial charge in [0.1, 0.15) is 0 Å². The fourth-order valence-electron chi connectivity index (χ4n) is 0.566. The summed E-state index contributed by atoms with van der Waals surface area (Å²) in [6.07, 6.45) is 0. The maximum absolute atomic E-state index is 9.00. The van der Waals surface area contributed by atoms with Gasteiger partial charge in [-0.15, -0.1) is 0 Å². The second-order valence-corrected chi connectivity index (χ2v) is 5.02. The number of aryl methyl sites for hydroxylation is 1. The zero-order valence-electron chi connectivity index (χ0n) is 7.24. The van der Waals surface area contributed by atoms with E-state index in [2.05, 4.69) is 31.2 Å². The van der Waals surface area contributed by atoms with E-state index in [4.69, 9.17) is 9.90 Å². The molecule has 0 unspecified atom stereocenters. The standard InChI is InChI=1S/C7H7.C2H4O2.Tl/c1-7-5-3-2-4-6-7;1-2(3)4;/h3-6H,1H3;1H3,(H,3,4);. The fourth-order valence-corrected chi connectivity index (χ4v) is 1.31. The minimum absolute atomic E-state index is 0.833. The van der Waals surface area contributed by atoms with Crippen molar-refractivity contribution in [2.75, 3.05) is 0 Å². The Kier molecular flexibility index (Phi) is 5.96. The maximum atomic E-state index is 9.00. The SMILES string of the molecule is CC(=O)O.Cc1cc[c]([Tl])cc1. The van der Waals surface area contributed by atoms with Gasteiger partial charge in [0.05, 0.1) is 0 Å². The van der Waals surface area contributed by atoms with Gasteiger partial charge < -0.3 is 5.11 Å². The van der Waals surface area contributed by atoms with Crippen molar-refractivity contribution in [1.82, 2.24) is 0 Å². The number of carboxylic acids is 1. The van der Waals surface area contributed by atoms with Crippen molar-refractivity contribution in [3.05, 3.63) is 29.8 Å². The quantitative estimate of drug-likeness (QED) is 0.702. The molecule has 0 aromatic heterocycles. The summed E-state index contributed by atoms with van der Waals surface area (Å²) < 4.78 is 1.50. The van der Waals surface area contributed by atoms with Crippen LogP contribution in [0.15, 0.2) is 24.3 Å². The van der Waals surface area contributed by atoms with Crippen LogP contribution in [0, 0.1) is 6.92 Å². The Morgan fingerprint density at radius 2 is 1.67 bits per heavy atom. The molecule has 0 fully saturated rings. The third kappa shape index (κ3) is 7.72. The molecule has 2 nitrogen and oxygen atoms in total. The number of rotatable bonds is 0. The van der Waals surface area contributed by atoms with Crippen LogP contribution < -0.4 is 3.12 Å². The van der Waals surface area contributed by atoms with Crippen molar-refractivity contribution in [2.45, 2.75) is 13.8 Å². The first-order valence-electron chi connectivity index (χ1n) is 3.54. The van der Waals surface area contributed by atoms with Gasteiger partial charge in [-0.3, -0.25) is 4.79 Å². The van der Waals surface area contributed by atoms with Gasteiger partial charge in [-0.2, -0.15) is 0 Å². The van der Waals surface area contributed by atoms with Crippen LogP contribution in [0.2, 0.25) is 0 Å². The molecule has 0 aliphatic heterocycles. The molecule has 1 aromatic rings. The predicted molar refractivity (Wildman–Crippen MR) is 49.9 cm³/mol. The van der Waals surface area contributed by atoms with Gasteiger partial charge in [0.15, 0.2) is 0 Å². The van der Waals surface area contributed by atoms with Crippen molar-refractivity contribution < 1.29 is 9.90 Å². The number of aliphatic carboxylic acids is 1. The van der Waals surface area contributed by atoms with E-state index < -0.39 is 5.97 Å². The van der Waals surface area contributed by atoms with E-state index in [0.29, 0.717) is 0 Å². The summed E-state index contributed by atoms with van der Waals surface area (Å²) in [4.78, 5) is 9.00. The molecule has 12 heavy (non-hydrogen) atoms. The van der Waals surface area contributed by atoms with Gasteiger partial charge >= 0.3 is 65.6 Å². The fraction of sp³-hybridized carbons (Fsp3) is 0.222. The van der Waals surface area contributed by atoms with Crippen LogP contribution in [0.25, 0.3) is 0 Å². The molecule has 0 bridgehead atoms. The van der Waals surface area contributed by atoms with Crippen molar-refractivity contribution in [2.24, 2.45) is 0 Å². The molecule has 0 heterocycles. The van der Waals surface area contributed by atoms with E-state index >= 15 is 0 Å². The third-order valence-corrected chi connectivity index (χ3v) is 2.57. The summed E-state index contributed by atoms with van der Waals surface area (Å²) >= 11 is 0.987. The molecule has 1 N–H and O–H groups in total. The summed E-state index contributed by atoms with van der Waals surface area (Å²) in [7, 11) is 0. The molecular weight excluding hydrogens is 344 g/mol. The molecule has 1 aromatic carbocycles. The van der Waals surface area contributed by atoms with Gasteiger partial charge in [0.25, 0.3) is 5.97 Å². The number of benzene rings is 1. The molecule has 3 heteroatoms. The van der Waals surface area contributed by atoms with Crippen molar-refractivity contribution in [3.63, 3.8) is 0 Å². The molecule has 0 amide bonds. The van der Waals surface area contributed by atoms with Crippen LogP contribution in [0.1, 0.15) is 12.5 Å². The summed E-state index contributed by atoms with van der Waals surface area (Å²) in [6.45, 7) is 3.20. The number of carbonyl (C=O) groups is 1. The van der Waals surface area contributed by atoms with E-state index in [1.165, 1.54) is 8.69 Å².